The normalized spacial score (nSPS) is 24.6. The molecule has 0 aromatic heterocycles. The molecule has 0 aliphatic carbocycles. The topological polar surface area (TPSA) is 163 Å². The van der Waals surface area contributed by atoms with Gasteiger partial charge in [-0.25, -0.2) is 27.7 Å². The van der Waals surface area contributed by atoms with E-state index in [9.17, 15) is 32.7 Å². The van der Waals surface area contributed by atoms with Crippen LogP contribution in [0.3, 0.4) is 0 Å². The lowest BCUT2D eigenvalue weighted by Crippen LogP contribution is -2.66. The molecule has 1 N–H and O–H groups in total. The molecule has 2 aliphatic rings. The van der Waals surface area contributed by atoms with E-state index in [4.69, 9.17) is 14.3 Å². The van der Waals surface area contributed by atoms with Crippen molar-refractivity contribution in [3.05, 3.63) is 30.3 Å². The van der Waals surface area contributed by atoms with Gasteiger partial charge in [-0.3, -0.25) is 14.6 Å². The summed E-state index contributed by atoms with van der Waals surface area (Å²) in [6.07, 6.45) is -2.07. The number of likely N-dealkylation sites (N-methyl/N-ethyl adjacent to an activating group) is 2. The number of hydrogen-bond acceptors (Lipinski definition) is 12. The lowest BCUT2D eigenvalue weighted by molar-refractivity contribution is -0.272. The standard InChI is InChI=1S/C29H44N4O10S/c1-7-30(8-2)21(5)18-32-27(37)33(19-22(6)31(9-3)10-4)43-25(35)17-28(38)16-24(34)41-29(32,42-26(28)36)20-44(39,40)23-14-12-11-13-15-23/h11-15,21-22,38H,7-10,16-20H2,1-6H3. The van der Waals surface area contributed by atoms with E-state index < -0.39 is 69.9 Å². The van der Waals surface area contributed by atoms with Gasteiger partial charge in [-0.2, -0.15) is 5.06 Å². The van der Waals surface area contributed by atoms with Gasteiger partial charge < -0.3 is 19.4 Å². The molecular weight excluding hydrogens is 596 g/mol. The van der Waals surface area contributed by atoms with E-state index in [-0.39, 0.29) is 24.0 Å². The molecule has 15 heteroatoms. The van der Waals surface area contributed by atoms with E-state index in [0.717, 1.165) is 9.96 Å². The van der Waals surface area contributed by atoms with Crippen LogP contribution in [0.2, 0.25) is 0 Å². The molecule has 2 amide bonds. The van der Waals surface area contributed by atoms with E-state index in [0.29, 0.717) is 26.2 Å². The molecule has 2 bridgehead atoms. The van der Waals surface area contributed by atoms with Crippen molar-refractivity contribution >= 4 is 33.8 Å². The molecule has 4 unspecified atom stereocenters. The molecule has 2 heterocycles. The molecule has 2 saturated heterocycles. The fraction of sp³-hybridized carbons (Fsp3) is 0.655. The number of urea groups is 1. The molecule has 44 heavy (non-hydrogen) atoms. The monoisotopic (exact) mass is 640 g/mol. The average molecular weight is 641 g/mol. The fourth-order valence-electron chi connectivity index (χ4n) is 5.59. The van der Waals surface area contributed by atoms with Crippen LogP contribution in [0.15, 0.2) is 35.2 Å². The zero-order valence-electron chi connectivity index (χ0n) is 26.2. The van der Waals surface area contributed by atoms with E-state index in [1.165, 1.54) is 24.3 Å². The number of amides is 2. The number of carbonyl (C=O) groups excluding carboxylic acids is 4. The smallest absolute Gasteiger partial charge is 0.361 e. The van der Waals surface area contributed by atoms with Crippen molar-refractivity contribution in [1.29, 1.82) is 0 Å². The van der Waals surface area contributed by atoms with Crippen molar-refractivity contribution in [2.75, 3.05) is 45.0 Å². The molecule has 1 aromatic carbocycles. The van der Waals surface area contributed by atoms with Gasteiger partial charge in [0.15, 0.2) is 21.2 Å². The maximum absolute atomic E-state index is 14.5. The van der Waals surface area contributed by atoms with E-state index in [1.807, 2.05) is 44.4 Å². The summed E-state index contributed by atoms with van der Waals surface area (Å²) in [6.45, 7) is 13.1. The lowest BCUT2D eigenvalue weighted by Gasteiger charge is -2.44. The summed E-state index contributed by atoms with van der Waals surface area (Å²) < 4.78 is 38.9. The number of ether oxygens (including phenoxy) is 2. The highest BCUT2D eigenvalue weighted by Crippen LogP contribution is 2.36. The van der Waals surface area contributed by atoms with Gasteiger partial charge >= 0.3 is 29.9 Å². The summed E-state index contributed by atoms with van der Waals surface area (Å²) in [6, 6.07) is 5.32. The zero-order valence-corrected chi connectivity index (χ0v) is 27.0. The van der Waals surface area contributed by atoms with Crippen LogP contribution in [0.4, 0.5) is 4.79 Å². The van der Waals surface area contributed by atoms with Crippen LogP contribution in [0, 0.1) is 0 Å². The second-order valence-corrected chi connectivity index (χ2v) is 13.1. The Morgan fingerprint density at radius 1 is 0.841 bits per heavy atom. The molecule has 4 atom stereocenters. The highest BCUT2D eigenvalue weighted by atomic mass is 32.2. The van der Waals surface area contributed by atoms with E-state index >= 15 is 0 Å². The molecule has 0 saturated carbocycles. The van der Waals surface area contributed by atoms with Gasteiger partial charge in [-0.05, 0) is 52.2 Å². The van der Waals surface area contributed by atoms with Crippen LogP contribution in [-0.2, 0) is 38.5 Å². The Hall–Kier alpha value is -3.27. The Kier molecular flexibility index (Phi) is 11.4. The predicted molar refractivity (Wildman–Crippen MR) is 157 cm³/mol. The molecule has 246 valence electrons. The Bertz CT molecular complexity index is 1300. The number of fused-ring (bicyclic) bond motifs is 3. The van der Waals surface area contributed by atoms with Gasteiger partial charge in [-0.1, -0.05) is 45.9 Å². The number of hydrogen-bond donors (Lipinski definition) is 1. The Labute approximate surface area is 258 Å². The maximum atomic E-state index is 14.5. The van der Waals surface area contributed by atoms with Crippen LogP contribution >= 0.6 is 0 Å². The molecule has 2 aliphatic heterocycles. The second kappa shape index (κ2) is 14.2. The number of hydroxylamine groups is 2. The zero-order chi connectivity index (χ0) is 32.9. The first-order chi connectivity index (χ1) is 20.6. The number of carbonyl (C=O) groups is 4. The minimum atomic E-state index is -4.41. The Morgan fingerprint density at radius 3 is 1.91 bits per heavy atom. The summed E-state index contributed by atoms with van der Waals surface area (Å²) >= 11 is 0. The SMILES string of the molecule is CCN(CC)C(C)CN1OC(=O)CC2(O)CC(=O)OC(CS(=O)(=O)c3ccccc3)(OC2=O)N(CC(C)N(CC)CC)C1=O. The highest BCUT2D eigenvalue weighted by Gasteiger charge is 2.60. The van der Waals surface area contributed by atoms with Crippen LogP contribution in [0.25, 0.3) is 0 Å². The molecule has 3 rings (SSSR count). The first-order valence-corrected chi connectivity index (χ1v) is 16.5. The van der Waals surface area contributed by atoms with Crippen LogP contribution in [-0.4, -0.2) is 126 Å². The van der Waals surface area contributed by atoms with Gasteiger partial charge in [0.25, 0.3) is 0 Å². The Balaban J connectivity index is 2.27. The summed E-state index contributed by atoms with van der Waals surface area (Å²) in [5.74, 6) is -7.94. The average Bonchev–Trinajstić information content (AvgIpc) is 3.04. The third-order valence-electron chi connectivity index (χ3n) is 8.07. The number of aliphatic hydroxyl groups is 1. The number of benzene rings is 1. The van der Waals surface area contributed by atoms with E-state index in [2.05, 4.69) is 0 Å². The van der Waals surface area contributed by atoms with Crippen molar-refractivity contribution < 1.29 is 47.0 Å². The minimum absolute atomic E-state index is 0.162. The number of rotatable bonds is 13. The molecule has 0 radical (unpaired) electrons. The number of nitrogens with zero attached hydrogens (tertiary/aromatic N) is 4. The van der Waals surface area contributed by atoms with Gasteiger partial charge in [-0.15, -0.1) is 0 Å². The van der Waals surface area contributed by atoms with Crippen LogP contribution in [0.1, 0.15) is 54.4 Å². The third-order valence-corrected chi connectivity index (χ3v) is 9.80. The molecule has 1 aromatic rings. The van der Waals surface area contributed by atoms with Crippen molar-refractivity contribution in [3.63, 3.8) is 0 Å². The van der Waals surface area contributed by atoms with Crippen LogP contribution < -0.4 is 0 Å². The first kappa shape index (κ1) is 35.2. The molecule has 0 spiro atoms. The third kappa shape index (κ3) is 7.68. The van der Waals surface area contributed by atoms with Crippen molar-refractivity contribution in [2.24, 2.45) is 0 Å². The first-order valence-electron chi connectivity index (χ1n) is 14.9. The highest BCUT2D eigenvalue weighted by molar-refractivity contribution is 7.91. The van der Waals surface area contributed by atoms with Crippen molar-refractivity contribution in [2.45, 2.75) is 82.9 Å². The number of esters is 2. The summed E-state index contributed by atoms with van der Waals surface area (Å²) in [5.41, 5.74) is -2.74. The van der Waals surface area contributed by atoms with Crippen molar-refractivity contribution in [1.82, 2.24) is 19.8 Å². The number of sulfone groups is 1. The van der Waals surface area contributed by atoms with Crippen LogP contribution in [0.5, 0.6) is 0 Å². The molecule has 14 nitrogen and oxygen atoms in total. The lowest BCUT2D eigenvalue weighted by atomic mass is 9.96. The molecular formula is C29H44N4O10S. The summed E-state index contributed by atoms with van der Waals surface area (Å²) in [5, 5.41) is 12.0. The summed E-state index contributed by atoms with van der Waals surface area (Å²) in [4.78, 5) is 64.3. The van der Waals surface area contributed by atoms with Gasteiger partial charge in [0.1, 0.15) is 0 Å². The quantitative estimate of drug-likeness (QED) is 0.309. The van der Waals surface area contributed by atoms with Gasteiger partial charge in [0.2, 0.25) is 0 Å². The second-order valence-electron chi connectivity index (χ2n) is 11.1. The van der Waals surface area contributed by atoms with Gasteiger partial charge in [0, 0.05) is 18.6 Å². The van der Waals surface area contributed by atoms with Crippen molar-refractivity contribution in [3.8, 4) is 0 Å². The maximum Gasteiger partial charge on any atom is 0.361 e. The molecule has 2 fully saturated rings. The van der Waals surface area contributed by atoms with Gasteiger partial charge in [0.05, 0.1) is 24.3 Å². The largest absolute Gasteiger partial charge is 0.402 e. The van der Waals surface area contributed by atoms with E-state index in [1.54, 1.807) is 13.0 Å². The summed E-state index contributed by atoms with van der Waals surface area (Å²) in [7, 11) is -4.41. The predicted octanol–water partition coefficient (Wildman–Crippen LogP) is 1.38. The fourth-order valence-corrected chi connectivity index (χ4v) is 7.09. The Morgan fingerprint density at radius 2 is 1.36 bits per heavy atom. The minimum Gasteiger partial charge on any atom is -0.402 e.